The Morgan fingerprint density at radius 1 is 1.23 bits per heavy atom. The van der Waals surface area contributed by atoms with E-state index >= 15 is 0 Å². The summed E-state index contributed by atoms with van der Waals surface area (Å²) < 4.78 is 19.1. The van der Waals surface area contributed by atoms with Crippen molar-refractivity contribution in [2.75, 3.05) is 36.6 Å². The summed E-state index contributed by atoms with van der Waals surface area (Å²) in [4.78, 5) is 9.92. The molecule has 1 N–H and O–H groups in total. The largest absolute Gasteiger partial charge is 0.378 e. The molecule has 6 nitrogen and oxygen atoms in total. The van der Waals surface area contributed by atoms with Gasteiger partial charge in [-0.1, -0.05) is 30.3 Å². The molecule has 0 amide bonds. The van der Waals surface area contributed by atoms with Crippen LogP contribution in [0.4, 0.5) is 16.2 Å². The van der Waals surface area contributed by atoms with Crippen LogP contribution in [-0.2, 0) is 4.74 Å². The lowest BCUT2D eigenvalue weighted by Gasteiger charge is -2.27. The molecular formula is C15H16FN5O. The highest BCUT2D eigenvalue weighted by Gasteiger charge is 2.17. The van der Waals surface area contributed by atoms with Gasteiger partial charge >= 0.3 is 0 Å². The Labute approximate surface area is 127 Å². The van der Waals surface area contributed by atoms with Gasteiger partial charge in [-0.2, -0.15) is 10.1 Å². The van der Waals surface area contributed by atoms with Crippen molar-refractivity contribution in [3.63, 3.8) is 0 Å². The van der Waals surface area contributed by atoms with E-state index in [0.717, 1.165) is 11.8 Å². The Hall–Kier alpha value is -2.54. The van der Waals surface area contributed by atoms with Crippen molar-refractivity contribution >= 4 is 18.0 Å². The zero-order chi connectivity index (χ0) is 15.2. The first kappa shape index (κ1) is 14.4. The molecule has 22 heavy (non-hydrogen) atoms. The molecule has 1 aromatic heterocycles. The lowest BCUT2D eigenvalue weighted by Crippen LogP contribution is -2.37. The highest BCUT2D eigenvalue weighted by atomic mass is 19.1. The third-order valence-corrected chi connectivity index (χ3v) is 3.21. The molecule has 7 heteroatoms. The minimum absolute atomic E-state index is 0.259. The predicted octanol–water partition coefficient (Wildman–Crippen LogP) is 1.90. The smallest absolute Gasteiger partial charge is 0.245 e. The lowest BCUT2D eigenvalue weighted by atomic mass is 10.2. The Morgan fingerprint density at radius 2 is 2.00 bits per heavy atom. The molecule has 1 aliphatic rings. The van der Waals surface area contributed by atoms with Gasteiger partial charge in [0.2, 0.25) is 5.95 Å². The molecular weight excluding hydrogens is 285 g/mol. The van der Waals surface area contributed by atoms with Crippen molar-refractivity contribution in [2.24, 2.45) is 5.10 Å². The first-order chi connectivity index (χ1) is 10.8. The normalized spacial score (nSPS) is 15.2. The summed E-state index contributed by atoms with van der Waals surface area (Å²) in [6.07, 6.45) is 2.80. The minimum atomic E-state index is -0.445. The van der Waals surface area contributed by atoms with Gasteiger partial charge in [0, 0.05) is 13.1 Å². The van der Waals surface area contributed by atoms with Crippen LogP contribution in [0.2, 0.25) is 0 Å². The third-order valence-electron chi connectivity index (χ3n) is 3.21. The number of ether oxygens (including phenoxy) is 1. The number of benzene rings is 1. The Kier molecular flexibility index (Phi) is 4.55. The second kappa shape index (κ2) is 6.95. The molecule has 0 bridgehead atoms. The summed E-state index contributed by atoms with van der Waals surface area (Å²) in [5.74, 6) is 0.0882. The van der Waals surface area contributed by atoms with Gasteiger partial charge in [0.25, 0.3) is 0 Å². The highest BCUT2D eigenvalue weighted by molar-refractivity contribution is 5.79. The average Bonchev–Trinajstić information content (AvgIpc) is 2.58. The van der Waals surface area contributed by atoms with Gasteiger partial charge in [-0.25, -0.2) is 14.8 Å². The number of aromatic nitrogens is 2. The lowest BCUT2D eigenvalue weighted by molar-refractivity contribution is 0.122. The van der Waals surface area contributed by atoms with Gasteiger partial charge in [-0.3, -0.25) is 0 Å². The van der Waals surface area contributed by atoms with Crippen LogP contribution in [0.1, 0.15) is 5.56 Å². The van der Waals surface area contributed by atoms with Crippen molar-refractivity contribution < 1.29 is 9.13 Å². The van der Waals surface area contributed by atoms with Crippen LogP contribution >= 0.6 is 0 Å². The topological polar surface area (TPSA) is 62.6 Å². The summed E-state index contributed by atoms with van der Waals surface area (Å²) in [6, 6.07) is 9.63. The monoisotopic (exact) mass is 301 g/mol. The standard InChI is InChI=1S/C15H16FN5O/c16-13-11-17-15(19-14(13)21-6-8-22-9-7-21)20-18-10-12-4-2-1-3-5-12/h1-5,10-11H,6-9H2,(H,17,19,20)/b18-10+. The summed E-state index contributed by atoms with van der Waals surface area (Å²) in [5.41, 5.74) is 3.67. The van der Waals surface area contributed by atoms with E-state index in [1.165, 1.54) is 0 Å². The molecule has 1 saturated heterocycles. The molecule has 0 radical (unpaired) electrons. The zero-order valence-corrected chi connectivity index (χ0v) is 11.9. The molecule has 1 aliphatic heterocycles. The number of nitrogens with one attached hydrogen (secondary N) is 1. The number of rotatable bonds is 4. The number of nitrogens with zero attached hydrogens (tertiary/aromatic N) is 4. The van der Waals surface area contributed by atoms with E-state index in [1.807, 2.05) is 35.2 Å². The van der Waals surface area contributed by atoms with E-state index in [9.17, 15) is 4.39 Å². The molecule has 1 fully saturated rings. The maximum absolute atomic E-state index is 13.9. The third kappa shape index (κ3) is 3.56. The fourth-order valence-electron chi connectivity index (χ4n) is 2.11. The average molecular weight is 301 g/mol. The molecule has 114 valence electrons. The van der Waals surface area contributed by atoms with Gasteiger partial charge in [0.1, 0.15) is 0 Å². The van der Waals surface area contributed by atoms with Crippen molar-refractivity contribution in [1.29, 1.82) is 0 Å². The van der Waals surface area contributed by atoms with Crippen LogP contribution in [0.3, 0.4) is 0 Å². The van der Waals surface area contributed by atoms with Crippen molar-refractivity contribution in [3.05, 3.63) is 47.9 Å². The van der Waals surface area contributed by atoms with Gasteiger partial charge in [0.05, 0.1) is 25.6 Å². The molecule has 0 aliphatic carbocycles. The SMILES string of the molecule is Fc1cnc(N/N=C/c2ccccc2)nc1N1CCOCC1. The number of hydrogen-bond acceptors (Lipinski definition) is 6. The molecule has 0 spiro atoms. The second-order valence-electron chi connectivity index (χ2n) is 4.75. The summed E-state index contributed by atoms with van der Waals surface area (Å²) >= 11 is 0. The number of hydrazone groups is 1. The Bertz CT molecular complexity index is 644. The molecule has 0 atom stereocenters. The molecule has 0 unspecified atom stereocenters. The fraction of sp³-hybridized carbons (Fsp3) is 0.267. The van der Waals surface area contributed by atoms with E-state index in [-0.39, 0.29) is 11.8 Å². The summed E-state index contributed by atoms with van der Waals surface area (Å²) in [7, 11) is 0. The highest BCUT2D eigenvalue weighted by Crippen LogP contribution is 2.18. The predicted molar refractivity (Wildman–Crippen MR) is 82.7 cm³/mol. The zero-order valence-electron chi connectivity index (χ0n) is 11.9. The van der Waals surface area contributed by atoms with E-state index < -0.39 is 5.82 Å². The number of hydrogen-bond donors (Lipinski definition) is 1. The van der Waals surface area contributed by atoms with Gasteiger partial charge in [-0.15, -0.1) is 0 Å². The van der Waals surface area contributed by atoms with Crippen molar-refractivity contribution in [1.82, 2.24) is 9.97 Å². The maximum atomic E-state index is 13.9. The first-order valence-electron chi connectivity index (χ1n) is 7.02. The van der Waals surface area contributed by atoms with Crippen LogP contribution in [0, 0.1) is 5.82 Å². The molecule has 0 saturated carbocycles. The quantitative estimate of drug-likeness (QED) is 0.690. The van der Waals surface area contributed by atoms with Crippen LogP contribution in [0.25, 0.3) is 0 Å². The van der Waals surface area contributed by atoms with E-state index in [0.29, 0.717) is 26.3 Å². The molecule has 3 rings (SSSR count). The number of morpholine rings is 1. The van der Waals surface area contributed by atoms with Gasteiger partial charge in [0.15, 0.2) is 11.6 Å². The van der Waals surface area contributed by atoms with E-state index in [2.05, 4.69) is 20.5 Å². The van der Waals surface area contributed by atoms with Crippen LogP contribution < -0.4 is 10.3 Å². The van der Waals surface area contributed by atoms with Gasteiger partial charge in [-0.05, 0) is 5.56 Å². The number of anilines is 2. The van der Waals surface area contributed by atoms with E-state index in [4.69, 9.17) is 4.74 Å². The number of halogens is 1. The van der Waals surface area contributed by atoms with Crippen molar-refractivity contribution in [2.45, 2.75) is 0 Å². The Balaban J connectivity index is 1.70. The molecule has 2 heterocycles. The molecule has 1 aromatic carbocycles. The van der Waals surface area contributed by atoms with Crippen molar-refractivity contribution in [3.8, 4) is 0 Å². The van der Waals surface area contributed by atoms with Crippen LogP contribution in [0.5, 0.6) is 0 Å². The Morgan fingerprint density at radius 3 is 2.77 bits per heavy atom. The second-order valence-corrected chi connectivity index (χ2v) is 4.75. The van der Waals surface area contributed by atoms with Crippen LogP contribution in [0.15, 0.2) is 41.6 Å². The molecule has 2 aromatic rings. The summed E-state index contributed by atoms with van der Waals surface area (Å²) in [6.45, 7) is 2.36. The van der Waals surface area contributed by atoms with Gasteiger partial charge < -0.3 is 9.64 Å². The van der Waals surface area contributed by atoms with E-state index in [1.54, 1.807) is 6.21 Å². The first-order valence-corrected chi connectivity index (χ1v) is 7.02. The maximum Gasteiger partial charge on any atom is 0.245 e. The summed E-state index contributed by atoms with van der Waals surface area (Å²) in [5, 5.41) is 4.06. The van der Waals surface area contributed by atoms with Crippen LogP contribution in [-0.4, -0.2) is 42.5 Å². The fourth-order valence-corrected chi connectivity index (χ4v) is 2.11. The minimum Gasteiger partial charge on any atom is -0.378 e.